The summed E-state index contributed by atoms with van der Waals surface area (Å²) in [6.07, 6.45) is -2.39. The first-order valence-corrected chi connectivity index (χ1v) is 12.1. The number of benzene rings is 2. The van der Waals surface area contributed by atoms with Crippen molar-refractivity contribution in [3.63, 3.8) is 0 Å². The summed E-state index contributed by atoms with van der Waals surface area (Å²) in [4.78, 5) is 13.5. The summed E-state index contributed by atoms with van der Waals surface area (Å²) in [5.74, 6) is 0.392. The van der Waals surface area contributed by atoms with Gasteiger partial charge in [-0.05, 0) is 44.5 Å². The third-order valence-corrected chi connectivity index (χ3v) is 6.40. The molecule has 1 aliphatic heterocycles. The van der Waals surface area contributed by atoms with E-state index in [2.05, 4.69) is 0 Å². The lowest BCUT2D eigenvalue weighted by Crippen LogP contribution is -2.51. The van der Waals surface area contributed by atoms with Crippen molar-refractivity contribution in [1.29, 1.82) is 0 Å². The number of rotatable bonds is 8. The predicted molar refractivity (Wildman–Crippen MR) is 139 cm³/mol. The van der Waals surface area contributed by atoms with Crippen LogP contribution in [-0.2, 0) is 11.2 Å². The number of aromatic hydroxyl groups is 1. The minimum atomic E-state index is -1.25. The maximum atomic E-state index is 13.5. The van der Waals surface area contributed by atoms with Crippen LogP contribution in [0.15, 0.2) is 51.2 Å². The Morgan fingerprint density at radius 1 is 1.11 bits per heavy atom. The lowest BCUT2D eigenvalue weighted by Gasteiger charge is -2.36. The summed E-state index contributed by atoms with van der Waals surface area (Å²) in [5, 5.41) is 40.9. The molecule has 4 rings (SSSR count). The summed E-state index contributed by atoms with van der Waals surface area (Å²) in [5.41, 5.74) is 1.47. The molecule has 1 aliphatic rings. The highest BCUT2D eigenvalue weighted by Crippen LogP contribution is 2.40. The second-order valence-corrected chi connectivity index (χ2v) is 9.30. The highest BCUT2D eigenvalue weighted by Gasteiger charge is 2.38. The van der Waals surface area contributed by atoms with Gasteiger partial charge in [-0.3, -0.25) is 4.79 Å². The van der Waals surface area contributed by atoms with Crippen LogP contribution in [0.3, 0.4) is 0 Å². The smallest absolute Gasteiger partial charge is 0.239 e. The van der Waals surface area contributed by atoms with E-state index < -0.39 is 42.4 Å². The van der Waals surface area contributed by atoms with Crippen molar-refractivity contribution in [2.24, 2.45) is 0 Å². The first kappa shape index (κ1) is 27.5. The molecule has 0 amide bonds. The van der Waals surface area contributed by atoms with Crippen LogP contribution in [0.1, 0.15) is 25.8 Å². The number of hydrogen-bond acceptors (Lipinski definition) is 10. The number of aliphatic hydroxyl groups is 3. The number of phenols is 1. The fourth-order valence-corrected chi connectivity index (χ4v) is 4.34. The van der Waals surface area contributed by atoms with Gasteiger partial charge in [0.25, 0.3) is 0 Å². The van der Waals surface area contributed by atoms with E-state index in [9.17, 15) is 25.2 Å². The van der Waals surface area contributed by atoms with E-state index in [0.717, 1.165) is 5.57 Å². The molecule has 0 radical (unpaired) electrons. The molecule has 2 heterocycles. The van der Waals surface area contributed by atoms with Crippen molar-refractivity contribution < 1.29 is 43.8 Å². The highest BCUT2D eigenvalue weighted by atomic mass is 16.7. The number of hydrogen-bond donors (Lipinski definition) is 4. The molecule has 0 spiro atoms. The molecule has 1 aromatic heterocycles. The van der Waals surface area contributed by atoms with Crippen molar-refractivity contribution >= 4 is 11.0 Å². The Kier molecular flexibility index (Phi) is 8.27. The summed E-state index contributed by atoms with van der Waals surface area (Å²) in [6, 6.07) is 8.12. The molecule has 0 saturated carbocycles. The molecule has 4 atom stereocenters. The van der Waals surface area contributed by atoms with Crippen molar-refractivity contribution in [1.82, 2.24) is 0 Å². The average molecular weight is 529 g/mol. The lowest BCUT2D eigenvalue weighted by molar-refractivity contribution is -0.240. The zero-order chi connectivity index (χ0) is 27.6. The van der Waals surface area contributed by atoms with Crippen molar-refractivity contribution in [3.8, 4) is 34.3 Å². The molecule has 1 fully saturated rings. The van der Waals surface area contributed by atoms with Crippen LogP contribution >= 0.6 is 0 Å². The minimum Gasteiger partial charge on any atom is -0.507 e. The Bertz CT molecular complexity index is 1370. The lowest BCUT2D eigenvalue weighted by atomic mass is 10.0. The first-order valence-electron chi connectivity index (χ1n) is 12.1. The Hall–Kier alpha value is -3.57. The van der Waals surface area contributed by atoms with E-state index in [1.54, 1.807) is 31.4 Å². The molecule has 10 heteroatoms. The molecule has 0 bridgehead atoms. The van der Waals surface area contributed by atoms with Crippen molar-refractivity contribution in [3.05, 3.63) is 57.8 Å². The Balaban J connectivity index is 1.92. The average Bonchev–Trinajstić information content (AvgIpc) is 2.89. The normalized spacial score (nSPS) is 21.2. The molecule has 10 nitrogen and oxygen atoms in total. The monoisotopic (exact) mass is 528 g/mol. The number of allylic oxidation sites excluding steroid dienone is 2. The molecule has 1 saturated heterocycles. The van der Waals surface area contributed by atoms with Gasteiger partial charge in [-0.15, -0.1) is 0 Å². The number of ether oxygens (including phenoxy) is 4. The van der Waals surface area contributed by atoms with Crippen molar-refractivity contribution in [2.75, 3.05) is 20.8 Å². The van der Waals surface area contributed by atoms with Crippen LogP contribution in [0, 0.1) is 0 Å². The largest absolute Gasteiger partial charge is 0.507 e. The number of aliphatic hydroxyl groups excluding tert-OH is 3. The van der Waals surface area contributed by atoms with E-state index in [4.69, 9.17) is 23.4 Å². The zero-order valence-electron chi connectivity index (χ0n) is 21.6. The molecule has 3 unspecified atom stereocenters. The summed E-state index contributed by atoms with van der Waals surface area (Å²) < 4.78 is 28.4. The molecular weight excluding hydrogens is 496 g/mol. The van der Waals surface area contributed by atoms with Gasteiger partial charge >= 0.3 is 0 Å². The number of fused-ring (bicyclic) bond motifs is 1. The second kappa shape index (κ2) is 11.4. The van der Waals surface area contributed by atoms with Crippen LogP contribution in [0.5, 0.6) is 23.0 Å². The Morgan fingerprint density at radius 2 is 1.82 bits per heavy atom. The second-order valence-electron chi connectivity index (χ2n) is 9.30. The maximum Gasteiger partial charge on any atom is 0.239 e. The Morgan fingerprint density at radius 3 is 2.42 bits per heavy atom. The first-order chi connectivity index (χ1) is 18.2. The highest BCUT2D eigenvalue weighted by molar-refractivity contribution is 5.91. The third-order valence-electron chi connectivity index (χ3n) is 6.40. The Labute approximate surface area is 219 Å². The molecular formula is C28H32O10. The van der Waals surface area contributed by atoms with Crippen LogP contribution in [0.4, 0.5) is 0 Å². The molecule has 2 aromatic carbocycles. The topological polar surface area (TPSA) is 148 Å². The van der Waals surface area contributed by atoms with Crippen LogP contribution in [-0.4, -0.2) is 65.9 Å². The van der Waals surface area contributed by atoms with E-state index in [0.29, 0.717) is 16.9 Å². The van der Waals surface area contributed by atoms with Crippen LogP contribution in [0.25, 0.3) is 22.3 Å². The SMILES string of the molecule is COc1ccc(-c2oc3c(CC=C(C)C)c(OC4OC(CO)C(O)C[C@@H]4O)cc(O)c3c(=O)c2OC)cc1. The standard InChI is InChI=1S/C28H32O10/c1-14(2)5-10-17-21(36-28-20(32)11-18(30)22(13-29)37-28)12-19(31)23-24(33)27(35-4)25(38-26(17)23)15-6-8-16(34-3)9-7-15/h5-9,12,18,20,22,28-32H,10-11,13H2,1-4H3/t18?,20-,22?,28?/m0/s1. The van der Waals surface area contributed by atoms with E-state index in [-0.39, 0.29) is 41.1 Å². The van der Waals surface area contributed by atoms with Crippen LogP contribution < -0.4 is 19.6 Å². The summed E-state index contributed by atoms with van der Waals surface area (Å²) >= 11 is 0. The van der Waals surface area contributed by atoms with Gasteiger partial charge in [0.2, 0.25) is 17.5 Å². The fraction of sp³-hybridized carbons (Fsp3) is 0.393. The number of methoxy groups -OCH3 is 2. The van der Waals surface area contributed by atoms with Gasteiger partial charge in [0.15, 0.2) is 5.76 Å². The summed E-state index contributed by atoms with van der Waals surface area (Å²) in [7, 11) is 2.89. The van der Waals surface area contributed by atoms with Gasteiger partial charge in [0.1, 0.15) is 40.4 Å². The molecule has 38 heavy (non-hydrogen) atoms. The van der Waals surface area contributed by atoms with E-state index in [1.807, 2.05) is 19.9 Å². The molecule has 204 valence electrons. The molecule has 4 N–H and O–H groups in total. The zero-order valence-corrected chi connectivity index (χ0v) is 21.6. The predicted octanol–water partition coefficient (Wildman–Crippen LogP) is 2.90. The maximum absolute atomic E-state index is 13.5. The molecule has 3 aromatic rings. The van der Waals surface area contributed by atoms with Gasteiger partial charge in [0.05, 0.1) is 26.9 Å². The van der Waals surface area contributed by atoms with Gasteiger partial charge in [-0.25, -0.2) is 0 Å². The fourth-order valence-electron chi connectivity index (χ4n) is 4.34. The van der Waals surface area contributed by atoms with Gasteiger partial charge in [-0.2, -0.15) is 0 Å². The van der Waals surface area contributed by atoms with E-state index >= 15 is 0 Å². The minimum absolute atomic E-state index is 0.0767. The van der Waals surface area contributed by atoms with Gasteiger partial charge in [-0.1, -0.05) is 11.6 Å². The van der Waals surface area contributed by atoms with Gasteiger partial charge < -0.3 is 43.8 Å². The quantitative estimate of drug-likeness (QED) is 0.322. The third kappa shape index (κ3) is 5.34. The number of phenolic OH excluding ortho intramolecular Hbond substituents is 1. The van der Waals surface area contributed by atoms with Gasteiger partial charge in [0, 0.05) is 23.6 Å². The van der Waals surface area contributed by atoms with Crippen LogP contribution in [0.2, 0.25) is 0 Å². The summed E-state index contributed by atoms with van der Waals surface area (Å²) in [6.45, 7) is 3.35. The van der Waals surface area contributed by atoms with E-state index in [1.165, 1.54) is 13.2 Å². The molecule has 0 aliphatic carbocycles. The van der Waals surface area contributed by atoms with Crippen molar-refractivity contribution in [2.45, 2.75) is 51.3 Å².